The minimum absolute atomic E-state index is 0. The van der Waals surface area contributed by atoms with E-state index in [0.717, 1.165) is 6.54 Å². The fourth-order valence-electron chi connectivity index (χ4n) is 2.13. The first kappa shape index (κ1) is 27.4. The molecule has 1 aromatic heterocycles. The maximum Gasteiger partial charge on any atom is 0.408 e. The van der Waals surface area contributed by atoms with Gasteiger partial charge in [0, 0.05) is 25.4 Å². The third-order valence-corrected chi connectivity index (χ3v) is 3.45. The summed E-state index contributed by atoms with van der Waals surface area (Å²) in [7, 11) is 0. The first-order valence-electron chi connectivity index (χ1n) is 9.77. The van der Waals surface area contributed by atoms with Gasteiger partial charge in [0.2, 0.25) is 5.89 Å². The van der Waals surface area contributed by atoms with Gasteiger partial charge in [-0.2, -0.15) is 4.98 Å². The number of alkyl carbamates (subject to hydrolysis) is 1. The SMILES string of the molecule is CCNC(=NCC(C)(C)NC(=O)OC(C)(C)C)NCCc1nc(C(C)C)no1.I. The Morgan fingerprint density at radius 3 is 2.38 bits per heavy atom. The summed E-state index contributed by atoms with van der Waals surface area (Å²) in [5.74, 6) is 2.21. The molecule has 3 N–H and O–H groups in total. The number of halogens is 1. The highest BCUT2D eigenvalue weighted by Gasteiger charge is 2.24. The molecule has 0 fully saturated rings. The van der Waals surface area contributed by atoms with Crippen LogP contribution in [-0.2, 0) is 11.2 Å². The molecular weight excluding hydrogens is 487 g/mol. The lowest BCUT2D eigenvalue weighted by Gasteiger charge is -2.27. The molecule has 1 amide bonds. The van der Waals surface area contributed by atoms with E-state index in [1.54, 1.807) is 0 Å². The molecule has 0 aliphatic rings. The molecule has 0 saturated heterocycles. The van der Waals surface area contributed by atoms with E-state index in [2.05, 4.69) is 31.1 Å². The molecule has 0 aromatic carbocycles. The molecule has 1 heterocycles. The number of ether oxygens (including phenoxy) is 1. The van der Waals surface area contributed by atoms with Crippen molar-refractivity contribution in [2.75, 3.05) is 19.6 Å². The number of carbonyl (C=O) groups is 1. The molecule has 1 rings (SSSR count). The number of amides is 1. The predicted octanol–water partition coefficient (Wildman–Crippen LogP) is 3.21. The molecule has 10 heteroatoms. The Kier molecular flexibility index (Phi) is 11.5. The van der Waals surface area contributed by atoms with Crippen LogP contribution in [0.25, 0.3) is 0 Å². The Bertz CT molecular complexity index is 653. The van der Waals surface area contributed by atoms with Gasteiger partial charge in [-0.3, -0.25) is 4.99 Å². The van der Waals surface area contributed by atoms with Crippen LogP contribution in [0.1, 0.15) is 73.0 Å². The van der Waals surface area contributed by atoms with Crippen molar-refractivity contribution in [1.29, 1.82) is 0 Å². The van der Waals surface area contributed by atoms with Gasteiger partial charge in [0.15, 0.2) is 11.8 Å². The second-order valence-corrected chi connectivity index (χ2v) is 8.58. The second-order valence-electron chi connectivity index (χ2n) is 8.58. The molecule has 0 saturated carbocycles. The Labute approximate surface area is 191 Å². The first-order chi connectivity index (χ1) is 12.9. The summed E-state index contributed by atoms with van der Waals surface area (Å²) in [6.07, 6.45) is 0.145. The molecule has 0 atom stereocenters. The standard InChI is InChI=1S/C19H36N6O3.HI/c1-9-20-16(21-11-10-14-23-15(13(2)3)25-28-14)22-12-19(7,8)24-17(26)27-18(4,5)6;/h13H,9-12H2,1-8H3,(H,24,26)(H2,20,21,22);1H. The highest BCUT2D eigenvalue weighted by molar-refractivity contribution is 14.0. The summed E-state index contributed by atoms with van der Waals surface area (Å²) >= 11 is 0. The quantitative estimate of drug-likeness (QED) is 0.272. The van der Waals surface area contributed by atoms with Crippen molar-refractivity contribution in [3.05, 3.63) is 11.7 Å². The van der Waals surface area contributed by atoms with E-state index in [1.807, 2.05) is 55.4 Å². The minimum Gasteiger partial charge on any atom is -0.444 e. The van der Waals surface area contributed by atoms with E-state index in [9.17, 15) is 4.79 Å². The van der Waals surface area contributed by atoms with Crippen LogP contribution in [0.2, 0.25) is 0 Å². The summed E-state index contributed by atoms with van der Waals surface area (Å²) in [6.45, 7) is 17.1. The monoisotopic (exact) mass is 524 g/mol. The summed E-state index contributed by atoms with van der Waals surface area (Å²) in [4.78, 5) is 20.9. The zero-order chi connectivity index (χ0) is 21.4. The zero-order valence-corrected chi connectivity index (χ0v) is 21.2. The van der Waals surface area contributed by atoms with E-state index < -0.39 is 17.2 Å². The average molecular weight is 524 g/mol. The predicted molar refractivity (Wildman–Crippen MR) is 125 cm³/mol. The van der Waals surface area contributed by atoms with E-state index in [-0.39, 0.29) is 29.9 Å². The van der Waals surface area contributed by atoms with Crippen molar-refractivity contribution in [2.45, 2.75) is 78.9 Å². The summed E-state index contributed by atoms with van der Waals surface area (Å²) in [5, 5.41) is 13.2. The number of rotatable bonds is 8. The number of carbonyl (C=O) groups excluding carboxylic acids is 1. The topological polar surface area (TPSA) is 114 Å². The van der Waals surface area contributed by atoms with Crippen LogP contribution in [0.15, 0.2) is 9.52 Å². The van der Waals surface area contributed by atoms with E-state index in [4.69, 9.17) is 9.26 Å². The van der Waals surface area contributed by atoms with Crippen molar-refractivity contribution in [1.82, 2.24) is 26.1 Å². The molecular formula is C19H37IN6O3. The number of guanidine groups is 1. The highest BCUT2D eigenvalue weighted by Crippen LogP contribution is 2.10. The van der Waals surface area contributed by atoms with Gasteiger partial charge in [-0.15, -0.1) is 24.0 Å². The zero-order valence-electron chi connectivity index (χ0n) is 18.9. The smallest absolute Gasteiger partial charge is 0.408 e. The number of aliphatic imine (C=N–C) groups is 1. The van der Waals surface area contributed by atoms with Crippen LogP contribution in [0, 0.1) is 0 Å². The summed E-state index contributed by atoms with van der Waals surface area (Å²) in [6, 6.07) is 0. The van der Waals surface area contributed by atoms with E-state index >= 15 is 0 Å². The van der Waals surface area contributed by atoms with Gasteiger partial charge in [-0.1, -0.05) is 19.0 Å². The first-order valence-corrected chi connectivity index (χ1v) is 9.77. The van der Waals surface area contributed by atoms with Crippen LogP contribution in [0.4, 0.5) is 4.79 Å². The third-order valence-electron chi connectivity index (χ3n) is 3.45. The summed E-state index contributed by atoms with van der Waals surface area (Å²) < 4.78 is 10.6. The van der Waals surface area contributed by atoms with Gasteiger partial charge in [0.05, 0.1) is 12.1 Å². The molecule has 0 bridgehead atoms. The minimum atomic E-state index is -0.552. The molecule has 9 nitrogen and oxygen atoms in total. The van der Waals surface area contributed by atoms with Gasteiger partial charge < -0.3 is 25.2 Å². The van der Waals surface area contributed by atoms with Crippen LogP contribution in [0.5, 0.6) is 0 Å². The normalized spacial score (nSPS) is 12.4. The summed E-state index contributed by atoms with van der Waals surface area (Å²) in [5.41, 5.74) is -1.09. The molecule has 168 valence electrons. The number of nitrogens with one attached hydrogen (secondary N) is 3. The van der Waals surface area contributed by atoms with Gasteiger partial charge >= 0.3 is 6.09 Å². The molecule has 0 aliphatic carbocycles. The largest absolute Gasteiger partial charge is 0.444 e. The molecule has 1 aromatic rings. The fraction of sp³-hybridized carbons (Fsp3) is 0.789. The number of aromatic nitrogens is 2. The lowest BCUT2D eigenvalue weighted by molar-refractivity contribution is 0.0476. The molecule has 0 radical (unpaired) electrons. The highest BCUT2D eigenvalue weighted by atomic mass is 127. The van der Waals surface area contributed by atoms with Crippen LogP contribution >= 0.6 is 24.0 Å². The third kappa shape index (κ3) is 11.9. The van der Waals surface area contributed by atoms with Crippen molar-refractivity contribution >= 4 is 36.0 Å². The molecule has 0 aliphatic heterocycles. The molecule has 0 unspecified atom stereocenters. The van der Waals surface area contributed by atoms with Crippen LogP contribution in [-0.4, -0.2) is 53.0 Å². The van der Waals surface area contributed by atoms with Crippen molar-refractivity contribution in [3.8, 4) is 0 Å². The van der Waals surface area contributed by atoms with Gasteiger partial charge in [-0.05, 0) is 41.5 Å². The van der Waals surface area contributed by atoms with Crippen molar-refractivity contribution in [3.63, 3.8) is 0 Å². The van der Waals surface area contributed by atoms with Gasteiger partial charge in [0.25, 0.3) is 0 Å². The van der Waals surface area contributed by atoms with Crippen LogP contribution < -0.4 is 16.0 Å². The van der Waals surface area contributed by atoms with Crippen molar-refractivity contribution in [2.24, 2.45) is 4.99 Å². The van der Waals surface area contributed by atoms with Gasteiger partial charge in [-0.25, -0.2) is 4.79 Å². The Morgan fingerprint density at radius 1 is 1.21 bits per heavy atom. The fourth-order valence-corrected chi connectivity index (χ4v) is 2.13. The second kappa shape index (κ2) is 12.2. The maximum atomic E-state index is 12.0. The molecule has 29 heavy (non-hydrogen) atoms. The maximum absolute atomic E-state index is 12.0. The Morgan fingerprint density at radius 2 is 1.86 bits per heavy atom. The van der Waals surface area contributed by atoms with E-state index in [1.165, 1.54) is 0 Å². The van der Waals surface area contributed by atoms with Crippen molar-refractivity contribution < 1.29 is 14.1 Å². The lowest BCUT2D eigenvalue weighted by Crippen LogP contribution is -2.49. The Balaban J connectivity index is 0.00000784. The van der Waals surface area contributed by atoms with E-state index in [0.29, 0.717) is 37.2 Å². The average Bonchev–Trinajstić information content (AvgIpc) is 2.99. The number of hydrogen-bond acceptors (Lipinski definition) is 6. The number of hydrogen-bond donors (Lipinski definition) is 3. The lowest BCUT2D eigenvalue weighted by atomic mass is 10.1. The van der Waals surface area contributed by atoms with Gasteiger partial charge in [0.1, 0.15) is 5.60 Å². The van der Waals surface area contributed by atoms with Crippen LogP contribution in [0.3, 0.4) is 0 Å². The Hall–Kier alpha value is -1.59. The molecule has 0 spiro atoms. The number of nitrogens with zero attached hydrogens (tertiary/aromatic N) is 3.